The van der Waals surface area contributed by atoms with Crippen molar-refractivity contribution in [2.45, 2.75) is 264 Å². The van der Waals surface area contributed by atoms with Crippen LogP contribution in [0.2, 0.25) is 0 Å². The second kappa shape index (κ2) is 49.2. The fourth-order valence-corrected chi connectivity index (χ4v) is 8.81. The summed E-state index contributed by atoms with van der Waals surface area (Å²) in [6.07, 6.45) is 65.7. The second-order valence-electron chi connectivity index (χ2n) is 20.3. The van der Waals surface area contributed by atoms with E-state index in [4.69, 9.17) is 9.05 Å². The first-order chi connectivity index (χ1) is 32.5. The van der Waals surface area contributed by atoms with Gasteiger partial charge in [0, 0.05) is 6.42 Å². The Balaban J connectivity index is 4.19. The Kier molecular flexibility index (Phi) is 47.9. The number of aliphatic hydroxyl groups is 1. The molecule has 0 aromatic rings. The van der Waals surface area contributed by atoms with Gasteiger partial charge in [0.15, 0.2) is 0 Å². The highest BCUT2D eigenvalue weighted by atomic mass is 31.2. The van der Waals surface area contributed by atoms with Crippen LogP contribution < -0.4 is 10.2 Å². The molecule has 0 rings (SSSR count). The summed E-state index contributed by atoms with van der Waals surface area (Å²) >= 11 is 0. The van der Waals surface area contributed by atoms with E-state index < -0.39 is 20.0 Å². The highest BCUT2D eigenvalue weighted by Crippen LogP contribution is 2.38. The molecule has 0 bridgehead atoms. The normalized spacial score (nSPS) is 14.4. The molecule has 0 fully saturated rings. The molecule has 1 amide bonds. The zero-order chi connectivity index (χ0) is 49.2. The van der Waals surface area contributed by atoms with Crippen LogP contribution in [0.25, 0.3) is 0 Å². The maximum Gasteiger partial charge on any atom is 0.268 e. The van der Waals surface area contributed by atoms with E-state index in [9.17, 15) is 19.4 Å². The highest BCUT2D eigenvalue weighted by Gasteiger charge is 2.23. The van der Waals surface area contributed by atoms with Crippen LogP contribution in [-0.4, -0.2) is 68.5 Å². The molecule has 392 valence electrons. The van der Waals surface area contributed by atoms with Gasteiger partial charge >= 0.3 is 0 Å². The summed E-state index contributed by atoms with van der Waals surface area (Å²) in [6.45, 7) is 4.56. The standard InChI is InChI=1S/C58H109N2O6P/c1-6-8-10-12-14-16-18-20-22-24-26-27-28-29-30-31-32-33-34-36-38-40-42-44-46-48-50-52-58(62)59-56(55-66-67(63,64)65-54-53-60(3,4)5)57(61)51-49-47-45-43-41-39-37-35-25-23-21-19-17-15-13-11-9-7-2/h8,10,14,16,20,22,26-27,49,51,56-57,61H,6-7,9,11-13,15,17-19,21,23-25,28-48,50,52-55H2,1-5H3,(H-,59,62,63,64)/b10-8-,16-14-,22-20-,27-26-,51-49+. The number of allylic oxidation sites excluding steroid dienone is 9. The number of phosphoric acid groups is 1. The summed E-state index contributed by atoms with van der Waals surface area (Å²) in [5.41, 5.74) is 0. The third-order valence-corrected chi connectivity index (χ3v) is 13.4. The maximum absolute atomic E-state index is 13.0. The average Bonchev–Trinajstić information content (AvgIpc) is 3.29. The molecule has 0 aromatic carbocycles. The molecule has 0 aliphatic carbocycles. The molecule has 0 heterocycles. The van der Waals surface area contributed by atoms with Gasteiger partial charge in [-0.25, -0.2) is 0 Å². The first-order valence-corrected chi connectivity index (χ1v) is 29.6. The Labute approximate surface area is 415 Å². The van der Waals surface area contributed by atoms with E-state index >= 15 is 0 Å². The summed E-state index contributed by atoms with van der Waals surface area (Å²) in [5, 5.41) is 13.9. The van der Waals surface area contributed by atoms with Gasteiger partial charge in [0.1, 0.15) is 13.2 Å². The van der Waals surface area contributed by atoms with Gasteiger partial charge in [-0.05, 0) is 57.8 Å². The third-order valence-electron chi connectivity index (χ3n) is 12.5. The summed E-state index contributed by atoms with van der Waals surface area (Å²) < 4.78 is 23.3. The molecule has 0 aliphatic heterocycles. The van der Waals surface area contributed by atoms with Crippen molar-refractivity contribution >= 4 is 13.7 Å². The Hall–Kier alpha value is -1.80. The zero-order valence-electron chi connectivity index (χ0n) is 44.6. The van der Waals surface area contributed by atoms with Gasteiger partial charge in [0.2, 0.25) is 5.91 Å². The number of quaternary nitrogens is 1. The van der Waals surface area contributed by atoms with Crippen molar-refractivity contribution in [3.8, 4) is 0 Å². The number of unbranched alkanes of at least 4 members (excludes halogenated alkanes) is 30. The van der Waals surface area contributed by atoms with Crippen LogP contribution in [0.3, 0.4) is 0 Å². The molecule has 0 saturated carbocycles. The van der Waals surface area contributed by atoms with E-state index in [0.29, 0.717) is 17.4 Å². The number of aliphatic hydroxyl groups excluding tert-OH is 1. The summed E-state index contributed by atoms with van der Waals surface area (Å²) in [6, 6.07) is -0.888. The maximum atomic E-state index is 13.0. The number of likely N-dealkylation sites (N-methyl/N-ethyl adjacent to an activating group) is 1. The van der Waals surface area contributed by atoms with Crippen LogP contribution in [0.5, 0.6) is 0 Å². The number of rotatable bonds is 51. The molecule has 3 atom stereocenters. The molecular weight excluding hydrogens is 852 g/mol. The minimum atomic E-state index is -4.60. The Morgan fingerprint density at radius 1 is 0.537 bits per heavy atom. The number of hydrogen-bond donors (Lipinski definition) is 2. The molecular formula is C58H109N2O6P. The summed E-state index contributed by atoms with van der Waals surface area (Å²) in [7, 11) is 1.26. The van der Waals surface area contributed by atoms with Crippen LogP contribution in [0.15, 0.2) is 60.8 Å². The van der Waals surface area contributed by atoms with Gasteiger partial charge in [-0.1, -0.05) is 248 Å². The third kappa shape index (κ3) is 51.9. The lowest BCUT2D eigenvalue weighted by Crippen LogP contribution is -2.45. The van der Waals surface area contributed by atoms with E-state index in [1.165, 1.54) is 167 Å². The number of amides is 1. The van der Waals surface area contributed by atoms with Gasteiger partial charge < -0.3 is 28.8 Å². The Bertz CT molecular complexity index is 1270. The predicted octanol–water partition coefficient (Wildman–Crippen LogP) is 16.3. The lowest BCUT2D eigenvalue weighted by molar-refractivity contribution is -0.870. The van der Waals surface area contributed by atoms with E-state index in [0.717, 1.165) is 64.2 Å². The number of carbonyl (C=O) groups is 1. The zero-order valence-corrected chi connectivity index (χ0v) is 45.5. The quantitative estimate of drug-likeness (QED) is 0.0272. The number of carbonyl (C=O) groups excluding carboxylic acids is 1. The van der Waals surface area contributed by atoms with Gasteiger partial charge in [-0.2, -0.15) is 0 Å². The monoisotopic (exact) mass is 961 g/mol. The van der Waals surface area contributed by atoms with Gasteiger partial charge in [-0.15, -0.1) is 0 Å². The fourth-order valence-electron chi connectivity index (χ4n) is 8.09. The SMILES string of the molecule is CC/C=C\C/C=C\C/C=C\C/C=C\CCCCCCCCCCCCCCCCC(=O)NC(COP(=O)([O-])OCC[N+](C)(C)C)C(O)/C=C/CCCCCCCCCCCCCCCCCC. The molecule has 0 radical (unpaired) electrons. The van der Waals surface area contributed by atoms with Gasteiger partial charge in [0.25, 0.3) is 7.82 Å². The van der Waals surface area contributed by atoms with Crippen molar-refractivity contribution in [1.29, 1.82) is 0 Å². The van der Waals surface area contributed by atoms with Crippen molar-refractivity contribution in [3.63, 3.8) is 0 Å². The molecule has 67 heavy (non-hydrogen) atoms. The summed E-state index contributed by atoms with van der Waals surface area (Å²) in [5.74, 6) is -0.198. The first kappa shape index (κ1) is 65.2. The van der Waals surface area contributed by atoms with Crippen LogP contribution in [0.4, 0.5) is 0 Å². The Morgan fingerprint density at radius 2 is 0.910 bits per heavy atom. The highest BCUT2D eigenvalue weighted by molar-refractivity contribution is 7.45. The molecule has 0 aromatic heterocycles. The van der Waals surface area contributed by atoms with Crippen molar-refractivity contribution in [2.24, 2.45) is 0 Å². The smallest absolute Gasteiger partial charge is 0.268 e. The van der Waals surface area contributed by atoms with Crippen molar-refractivity contribution < 1.29 is 32.9 Å². The van der Waals surface area contributed by atoms with Crippen LogP contribution in [0.1, 0.15) is 251 Å². The lowest BCUT2D eigenvalue weighted by atomic mass is 10.0. The lowest BCUT2D eigenvalue weighted by Gasteiger charge is -2.29. The van der Waals surface area contributed by atoms with E-state index in [2.05, 4.69) is 67.8 Å². The van der Waals surface area contributed by atoms with Crippen molar-refractivity contribution in [2.75, 3.05) is 40.9 Å². The Morgan fingerprint density at radius 3 is 1.33 bits per heavy atom. The van der Waals surface area contributed by atoms with E-state index in [-0.39, 0.29) is 19.1 Å². The molecule has 0 spiro atoms. The van der Waals surface area contributed by atoms with E-state index in [1.807, 2.05) is 27.2 Å². The van der Waals surface area contributed by atoms with Gasteiger partial charge in [0.05, 0.1) is 39.9 Å². The topological polar surface area (TPSA) is 108 Å². The number of nitrogens with one attached hydrogen (secondary N) is 1. The van der Waals surface area contributed by atoms with Crippen molar-refractivity contribution in [1.82, 2.24) is 5.32 Å². The van der Waals surface area contributed by atoms with Crippen LogP contribution in [0, 0.1) is 0 Å². The first-order valence-electron chi connectivity index (χ1n) is 28.2. The van der Waals surface area contributed by atoms with Crippen molar-refractivity contribution in [3.05, 3.63) is 60.8 Å². The van der Waals surface area contributed by atoms with Crippen LogP contribution in [-0.2, 0) is 18.4 Å². The van der Waals surface area contributed by atoms with Crippen LogP contribution >= 0.6 is 7.82 Å². The minimum Gasteiger partial charge on any atom is -0.756 e. The molecule has 3 unspecified atom stereocenters. The number of hydrogen-bond acceptors (Lipinski definition) is 6. The molecule has 8 nitrogen and oxygen atoms in total. The molecule has 0 aliphatic rings. The second-order valence-corrected chi connectivity index (χ2v) is 21.7. The molecule has 0 saturated heterocycles. The molecule has 9 heteroatoms. The largest absolute Gasteiger partial charge is 0.756 e. The predicted molar refractivity (Wildman–Crippen MR) is 288 cm³/mol. The summed E-state index contributed by atoms with van der Waals surface area (Å²) in [4.78, 5) is 25.5. The molecule has 2 N–H and O–H groups in total. The van der Waals surface area contributed by atoms with E-state index in [1.54, 1.807) is 6.08 Å². The fraction of sp³-hybridized carbons (Fsp3) is 0.810. The average molecular weight is 961 g/mol. The number of phosphoric ester groups is 1. The number of nitrogens with zero attached hydrogens (tertiary/aromatic N) is 1. The van der Waals surface area contributed by atoms with Gasteiger partial charge in [-0.3, -0.25) is 9.36 Å². The minimum absolute atomic E-state index is 0.00194.